The Morgan fingerprint density at radius 2 is 1.52 bits per heavy atom. The Morgan fingerprint density at radius 3 is 2.19 bits per heavy atom. The van der Waals surface area contributed by atoms with Crippen molar-refractivity contribution in [2.45, 2.75) is 38.5 Å². The Labute approximate surface area is 170 Å². The Morgan fingerprint density at radius 1 is 0.889 bits per heavy atom. The number of carbonyl (C=O) groups is 2. The average molecular weight is 436 g/mol. The smallest absolute Gasteiger partial charge is 0.236 e. The van der Waals surface area contributed by atoms with Crippen molar-refractivity contribution in [2.75, 3.05) is 45.8 Å². The number of hydrogen-bond acceptors (Lipinski definition) is 3. The van der Waals surface area contributed by atoms with Gasteiger partial charge in [-0.05, 0) is 50.8 Å². The molecule has 1 aromatic carbocycles. The molecule has 0 saturated carbocycles. The van der Waals surface area contributed by atoms with Gasteiger partial charge in [0.05, 0.1) is 12.0 Å². The van der Waals surface area contributed by atoms with E-state index in [1.54, 1.807) is 0 Å². The van der Waals surface area contributed by atoms with Gasteiger partial charge in [-0.1, -0.05) is 28.1 Å². The highest BCUT2D eigenvalue weighted by Crippen LogP contribution is 2.27. The minimum absolute atomic E-state index is 0.164. The predicted octanol–water partition coefficient (Wildman–Crippen LogP) is 2.88. The molecule has 2 fully saturated rings. The third kappa shape index (κ3) is 4.91. The number of nitrogens with zero attached hydrogens (tertiary/aromatic N) is 3. The molecule has 0 unspecified atom stereocenters. The zero-order chi connectivity index (χ0) is 19.4. The van der Waals surface area contributed by atoms with Gasteiger partial charge < -0.3 is 9.80 Å². The van der Waals surface area contributed by atoms with E-state index < -0.39 is 5.41 Å². The maximum Gasteiger partial charge on any atom is 0.236 e. The molecule has 5 nitrogen and oxygen atoms in total. The van der Waals surface area contributed by atoms with Crippen molar-refractivity contribution in [2.24, 2.45) is 0 Å². The molecule has 0 aliphatic carbocycles. The second kappa shape index (κ2) is 8.74. The van der Waals surface area contributed by atoms with Crippen molar-refractivity contribution in [1.82, 2.24) is 14.7 Å². The van der Waals surface area contributed by atoms with E-state index in [9.17, 15) is 9.59 Å². The van der Waals surface area contributed by atoms with Gasteiger partial charge in [0.1, 0.15) is 0 Å². The van der Waals surface area contributed by atoms with E-state index in [0.717, 1.165) is 62.0 Å². The van der Waals surface area contributed by atoms with Crippen LogP contribution in [0.5, 0.6) is 0 Å². The lowest BCUT2D eigenvalue weighted by Crippen LogP contribution is -2.45. The molecule has 2 aliphatic heterocycles. The normalized spacial score (nSPS) is 19.2. The predicted molar refractivity (Wildman–Crippen MR) is 111 cm³/mol. The molecule has 6 heteroatoms. The Kier molecular flexibility index (Phi) is 6.58. The monoisotopic (exact) mass is 435 g/mol. The van der Waals surface area contributed by atoms with Gasteiger partial charge in [0, 0.05) is 43.7 Å². The zero-order valence-electron chi connectivity index (χ0n) is 16.4. The Bertz CT molecular complexity index is 669. The molecule has 0 aromatic heterocycles. The summed E-state index contributed by atoms with van der Waals surface area (Å²) in [6, 6.07) is 8.00. The SMILES string of the molecule is CC(C)(C(=O)N1CCCN(CC(=O)N2CCCC2)CC1)c1ccc(Br)cc1. The molecule has 0 radical (unpaired) electrons. The summed E-state index contributed by atoms with van der Waals surface area (Å²) in [5, 5.41) is 0. The van der Waals surface area contributed by atoms with Crippen LogP contribution in [0.2, 0.25) is 0 Å². The van der Waals surface area contributed by atoms with E-state index in [0.29, 0.717) is 13.1 Å². The molecule has 2 heterocycles. The van der Waals surface area contributed by atoms with Crippen LogP contribution in [0.4, 0.5) is 0 Å². The van der Waals surface area contributed by atoms with Crippen molar-refractivity contribution in [3.05, 3.63) is 34.3 Å². The summed E-state index contributed by atoms with van der Waals surface area (Å²) >= 11 is 3.45. The maximum absolute atomic E-state index is 13.2. The minimum Gasteiger partial charge on any atom is -0.342 e. The lowest BCUT2D eigenvalue weighted by molar-refractivity contribution is -0.136. The zero-order valence-corrected chi connectivity index (χ0v) is 18.0. The van der Waals surface area contributed by atoms with Crippen LogP contribution >= 0.6 is 15.9 Å². The van der Waals surface area contributed by atoms with Crippen molar-refractivity contribution in [3.8, 4) is 0 Å². The number of rotatable bonds is 4. The average Bonchev–Trinajstić information content (AvgIpc) is 3.09. The highest BCUT2D eigenvalue weighted by Gasteiger charge is 2.34. The van der Waals surface area contributed by atoms with Crippen LogP contribution in [0.1, 0.15) is 38.7 Å². The first-order valence-corrected chi connectivity index (χ1v) is 10.7. The van der Waals surface area contributed by atoms with Gasteiger partial charge in [-0.3, -0.25) is 14.5 Å². The number of benzene rings is 1. The fourth-order valence-electron chi connectivity index (χ4n) is 3.98. The van der Waals surface area contributed by atoms with Crippen LogP contribution in [-0.2, 0) is 15.0 Å². The summed E-state index contributed by atoms with van der Waals surface area (Å²) in [6.07, 6.45) is 3.16. The first-order valence-electron chi connectivity index (χ1n) is 9.93. The van der Waals surface area contributed by atoms with Gasteiger partial charge in [-0.15, -0.1) is 0 Å². The Balaban J connectivity index is 1.58. The van der Waals surface area contributed by atoms with Gasteiger partial charge in [0.25, 0.3) is 0 Å². The summed E-state index contributed by atoms with van der Waals surface area (Å²) in [7, 11) is 0. The molecular weight excluding hydrogens is 406 g/mol. The molecule has 3 rings (SSSR count). The summed E-state index contributed by atoms with van der Waals surface area (Å²) in [6.45, 7) is 9.37. The first kappa shape index (κ1) is 20.3. The number of hydrogen-bond donors (Lipinski definition) is 0. The van der Waals surface area contributed by atoms with Crippen molar-refractivity contribution in [1.29, 1.82) is 0 Å². The number of halogens is 1. The first-order chi connectivity index (χ1) is 12.9. The largest absolute Gasteiger partial charge is 0.342 e. The minimum atomic E-state index is -0.554. The quantitative estimate of drug-likeness (QED) is 0.729. The van der Waals surface area contributed by atoms with Gasteiger partial charge in [-0.25, -0.2) is 0 Å². The van der Waals surface area contributed by atoms with E-state index in [4.69, 9.17) is 0 Å². The second-order valence-electron chi connectivity index (χ2n) is 8.14. The number of likely N-dealkylation sites (tertiary alicyclic amines) is 1. The second-order valence-corrected chi connectivity index (χ2v) is 9.06. The van der Waals surface area contributed by atoms with E-state index >= 15 is 0 Å². The molecule has 2 saturated heterocycles. The molecule has 0 N–H and O–H groups in total. The summed E-state index contributed by atoms with van der Waals surface area (Å²) in [5.74, 6) is 0.403. The molecule has 27 heavy (non-hydrogen) atoms. The van der Waals surface area contributed by atoms with Crippen LogP contribution in [0.15, 0.2) is 28.7 Å². The standard InChI is InChI=1S/C21H30BrN3O2/c1-21(2,17-6-8-18(22)9-7-17)20(27)25-13-5-10-23(14-15-25)16-19(26)24-11-3-4-12-24/h6-9H,3-5,10-16H2,1-2H3. The molecule has 2 amide bonds. The number of amides is 2. The molecule has 148 valence electrons. The lowest BCUT2D eigenvalue weighted by atomic mass is 9.83. The van der Waals surface area contributed by atoms with Crippen LogP contribution in [0.25, 0.3) is 0 Å². The highest BCUT2D eigenvalue weighted by atomic mass is 79.9. The number of carbonyl (C=O) groups excluding carboxylic acids is 2. The van der Waals surface area contributed by atoms with Gasteiger partial charge in [0.15, 0.2) is 0 Å². The van der Waals surface area contributed by atoms with Crippen molar-refractivity contribution >= 4 is 27.7 Å². The van der Waals surface area contributed by atoms with E-state index in [1.807, 2.05) is 47.9 Å². The molecule has 0 spiro atoms. The third-order valence-electron chi connectivity index (χ3n) is 5.79. The van der Waals surface area contributed by atoms with Gasteiger partial charge in [0.2, 0.25) is 11.8 Å². The topological polar surface area (TPSA) is 43.9 Å². The summed E-state index contributed by atoms with van der Waals surface area (Å²) < 4.78 is 1.02. The van der Waals surface area contributed by atoms with Crippen LogP contribution < -0.4 is 0 Å². The third-order valence-corrected chi connectivity index (χ3v) is 6.32. The highest BCUT2D eigenvalue weighted by molar-refractivity contribution is 9.10. The van der Waals surface area contributed by atoms with E-state index in [-0.39, 0.29) is 11.8 Å². The maximum atomic E-state index is 13.2. The summed E-state index contributed by atoms with van der Waals surface area (Å²) in [5.41, 5.74) is 0.474. The molecule has 2 aliphatic rings. The van der Waals surface area contributed by atoms with Gasteiger partial charge in [-0.2, -0.15) is 0 Å². The fraction of sp³-hybridized carbons (Fsp3) is 0.619. The molecule has 0 bridgehead atoms. The molecular formula is C21H30BrN3O2. The lowest BCUT2D eigenvalue weighted by Gasteiger charge is -2.32. The van der Waals surface area contributed by atoms with Crippen LogP contribution in [0, 0.1) is 0 Å². The van der Waals surface area contributed by atoms with E-state index in [1.165, 1.54) is 0 Å². The van der Waals surface area contributed by atoms with E-state index in [2.05, 4.69) is 20.8 Å². The van der Waals surface area contributed by atoms with Crippen LogP contribution in [-0.4, -0.2) is 72.3 Å². The molecule has 0 atom stereocenters. The van der Waals surface area contributed by atoms with Crippen LogP contribution in [0.3, 0.4) is 0 Å². The molecule has 1 aromatic rings. The van der Waals surface area contributed by atoms with Crippen molar-refractivity contribution in [3.63, 3.8) is 0 Å². The summed E-state index contributed by atoms with van der Waals surface area (Å²) in [4.78, 5) is 31.8. The Hall–Kier alpha value is -1.40. The van der Waals surface area contributed by atoms with Gasteiger partial charge >= 0.3 is 0 Å². The van der Waals surface area contributed by atoms with Crippen molar-refractivity contribution < 1.29 is 9.59 Å². The fourth-order valence-corrected chi connectivity index (χ4v) is 4.24.